The third kappa shape index (κ3) is 10.1. The van der Waals surface area contributed by atoms with Crippen molar-refractivity contribution in [3.8, 4) is 0 Å². The van der Waals surface area contributed by atoms with Gasteiger partial charge in [-0.25, -0.2) is 8.42 Å². The number of nitrogens with zero attached hydrogens (tertiary/aromatic N) is 3. The van der Waals surface area contributed by atoms with Crippen LogP contribution >= 0.6 is 24.0 Å². The summed E-state index contributed by atoms with van der Waals surface area (Å²) in [7, 11) is -2.81. The third-order valence-electron chi connectivity index (χ3n) is 5.82. The normalized spacial score (nSPS) is 22.6. The van der Waals surface area contributed by atoms with Gasteiger partial charge in [-0.1, -0.05) is 26.7 Å². The van der Waals surface area contributed by atoms with Crippen molar-refractivity contribution in [1.29, 1.82) is 0 Å². The lowest BCUT2D eigenvalue weighted by molar-refractivity contribution is 0.166. The predicted molar refractivity (Wildman–Crippen MR) is 133 cm³/mol. The zero-order valence-corrected chi connectivity index (χ0v) is 21.7. The maximum Gasteiger partial charge on any atom is 0.191 e. The summed E-state index contributed by atoms with van der Waals surface area (Å²) < 4.78 is 23.1. The molecule has 2 fully saturated rings. The van der Waals surface area contributed by atoms with Crippen LogP contribution in [0.5, 0.6) is 0 Å². The first kappa shape index (κ1) is 26.9. The van der Waals surface area contributed by atoms with Crippen molar-refractivity contribution in [3.63, 3.8) is 0 Å². The number of hydrogen-bond acceptors (Lipinski definition) is 5. The zero-order valence-electron chi connectivity index (χ0n) is 18.5. The number of halogens is 1. The van der Waals surface area contributed by atoms with Gasteiger partial charge in [-0.05, 0) is 38.8 Å². The SMILES string of the molecule is CCNC(=NCC(C(C)C)N1CCCCCC1)NCCN1CCS(=O)(=O)CC1.I. The average Bonchev–Trinajstić information content (AvgIpc) is 2.92. The molecule has 2 aliphatic heterocycles. The second kappa shape index (κ2) is 14.0. The lowest BCUT2D eigenvalue weighted by Gasteiger charge is -2.32. The minimum atomic E-state index is -2.81. The molecule has 2 heterocycles. The Labute approximate surface area is 195 Å². The fraction of sp³-hybridized carbons (Fsp3) is 0.950. The molecule has 0 saturated carbocycles. The number of nitrogens with one attached hydrogen (secondary N) is 2. The molecule has 0 aliphatic carbocycles. The molecule has 2 rings (SSSR count). The van der Waals surface area contributed by atoms with Gasteiger partial charge in [-0.15, -0.1) is 24.0 Å². The molecule has 7 nitrogen and oxygen atoms in total. The van der Waals surface area contributed by atoms with Crippen LogP contribution in [-0.4, -0.2) is 94.1 Å². The summed E-state index contributed by atoms with van der Waals surface area (Å²) in [5.41, 5.74) is 0. The Morgan fingerprint density at radius 3 is 2.17 bits per heavy atom. The molecule has 0 amide bonds. The van der Waals surface area contributed by atoms with E-state index in [2.05, 4.69) is 41.2 Å². The van der Waals surface area contributed by atoms with Crippen molar-refractivity contribution in [3.05, 3.63) is 0 Å². The van der Waals surface area contributed by atoms with Crippen LogP contribution in [0.3, 0.4) is 0 Å². The molecule has 0 aromatic carbocycles. The van der Waals surface area contributed by atoms with Crippen LogP contribution in [0.1, 0.15) is 46.5 Å². The molecule has 1 unspecified atom stereocenters. The molecule has 2 aliphatic rings. The molecule has 0 radical (unpaired) electrons. The van der Waals surface area contributed by atoms with Crippen LogP contribution in [0, 0.1) is 5.92 Å². The zero-order chi connectivity index (χ0) is 20.4. The molecule has 172 valence electrons. The van der Waals surface area contributed by atoms with Crippen LogP contribution in [0.4, 0.5) is 0 Å². The van der Waals surface area contributed by atoms with Gasteiger partial charge in [0.2, 0.25) is 0 Å². The molecule has 0 spiro atoms. The van der Waals surface area contributed by atoms with Gasteiger partial charge in [0.15, 0.2) is 15.8 Å². The Kier molecular flexibility index (Phi) is 13.0. The topological polar surface area (TPSA) is 77.0 Å². The van der Waals surface area contributed by atoms with Gasteiger partial charge in [-0.3, -0.25) is 14.8 Å². The van der Waals surface area contributed by atoms with Crippen LogP contribution in [0.15, 0.2) is 4.99 Å². The minimum Gasteiger partial charge on any atom is -0.357 e. The van der Waals surface area contributed by atoms with Crippen molar-refractivity contribution in [1.82, 2.24) is 20.4 Å². The Bertz CT molecular complexity index is 563. The fourth-order valence-corrected chi connectivity index (χ4v) is 5.28. The number of aliphatic imine (C=N–C) groups is 1. The number of likely N-dealkylation sites (tertiary alicyclic amines) is 1. The van der Waals surface area contributed by atoms with Gasteiger partial charge in [0.05, 0.1) is 18.1 Å². The molecule has 2 saturated heterocycles. The lowest BCUT2D eigenvalue weighted by atomic mass is 10.0. The summed E-state index contributed by atoms with van der Waals surface area (Å²) >= 11 is 0. The van der Waals surface area contributed by atoms with E-state index in [1.165, 1.54) is 38.8 Å². The highest BCUT2D eigenvalue weighted by atomic mass is 127. The number of rotatable bonds is 8. The highest BCUT2D eigenvalue weighted by molar-refractivity contribution is 14.0. The van der Waals surface area contributed by atoms with Crippen LogP contribution in [0.25, 0.3) is 0 Å². The van der Waals surface area contributed by atoms with Gasteiger partial charge in [-0.2, -0.15) is 0 Å². The Hall–Kier alpha value is -0.130. The summed E-state index contributed by atoms with van der Waals surface area (Å²) in [5, 5.41) is 6.78. The highest BCUT2D eigenvalue weighted by Crippen LogP contribution is 2.17. The molecule has 1 atom stereocenters. The Balaban J connectivity index is 0.00000420. The van der Waals surface area contributed by atoms with Crippen LogP contribution in [-0.2, 0) is 9.84 Å². The number of hydrogen-bond donors (Lipinski definition) is 2. The van der Waals surface area contributed by atoms with E-state index in [1.54, 1.807) is 0 Å². The van der Waals surface area contributed by atoms with Crippen molar-refractivity contribution in [2.24, 2.45) is 10.9 Å². The van der Waals surface area contributed by atoms with E-state index < -0.39 is 9.84 Å². The largest absolute Gasteiger partial charge is 0.357 e. The van der Waals surface area contributed by atoms with Crippen LogP contribution < -0.4 is 10.6 Å². The molecule has 0 bridgehead atoms. The van der Waals surface area contributed by atoms with E-state index in [0.29, 0.717) is 25.0 Å². The molecule has 0 aromatic rings. The maximum absolute atomic E-state index is 11.5. The highest BCUT2D eigenvalue weighted by Gasteiger charge is 2.23. The minimum absolute atomic E-state index is 0. The predicted octanol–water partition coefficient (Wildman–Crippen LogP) is 1.79. The standard InChI is InChI=1S/C20H41N5O2S.HI/c1-4-21-20(22-9-12-24-13-15-28(26,27)16-14-24)23-17-19(18(2)3)25-10-7-5-6-8-11-25;/h18-19H,4-17H2,1-3H3,(H2,21,22,23);1H. The maximum atomic E-state index is 11.5. The number of guanidine groups is 1. The van der Waals surface area contributed by atoms with E-state index in [4.69, 9.17) is 4.99 Å². The molecular weight excluding hydrogens is 501 g/mol. The summed E-state index contributed by atoms with van der Waals surface area (Å²) in [6, 6.07) is 0.487. The van der Waals surface area contributed by atoms with Crippen molar-refractivity contribution >= 4 is 39.8 Å². The number of sulfone groups is 1. The van der Waals surface area contributed by atoms with E-state index in [0.717, 1.165) is 32.1 Å². The molecule has 2 N–H and O–H groups in total. The molecule has 9 heteroatoms. The first-order chi connectivity index (χ1) is 13.4. The average molecular weight is 544 g/mol. The van der Waals surface area contributed by atoms with Crippen molar-refractivity contribution in [2.75, 3.05) is 63.9 Å². The van der Waals surface area contributed by atoms with Gasteiger partial charge >= 0.3 is 0 Å². The lowest BCUT2D eigenvalue weighted by Crippen LogP contribution is -2.47. The van der Waals surface area contributed by atoms with E-state index in [1.807, 2.05) is 0 Å². The first-order valence-electron chi connectivity index (χ1n) is 11.1. The molecule has 0 aromatic heterocycles. The van der Waals surface area contributed by atoms with Gasteiger partial charge < -0.3 is 10.6 Å². The summed E-state index contributed by atoms with van der Waals surface area (Å²) in [5.74, 6) is 2.02. The Morgan fingerprint density at radius 1 is 1.00 bits per heavy atom. The third-order valence-corrected chi connectivity index (χ3v) is 7.43. The van der Waals surface area contributed by atoms with Gasteiger partial charge in [0.1, 0.15) is 0 Å². The van der Waals surface area contributed by atoms with Gasteiger partial charge in [0, 0.05) is 38.8 Å². The van der Waals surface area contributed by atoms with E-state index in [9.17, 15) is 8.42 Å². The second-order valence-corrected chi connectivity index (χ2v) is 10.7. The van der Waals surface area contributed by atoms with Crippen molar-refractivity contribution < 1.29 is 8.42 Å². The van der Waals surface area contributed by atoms with Crippen molar-refractivity contribution in [2.45, 2.75) is 52.5 Å². The summed E-state index contributed by atoms with van der Waals surface area (Å²) in [4.78, 5) is 9.74. The Morgan fingerprint density at radius 2 is 1.62 bits per heavy atom. The summed E-state index contributed by atoms with van der Waals surface area (Å²) in [6.45, 7) is 13.6. The molecule has 29 heavy (non-hydrogen) atoms. The first-order valence-corrected chi connectivity index (χ1v) is 12.9. The van der Waals surface area contributed by atoms with E-state index >= 15 is 0 Å². The quantitative estimate of drug-likeness (QED) is 0.276. The fourth-order valence-electron chi connectivity index (χ4n) is 4.01. The summed E-state index contributed by atoms with van der Waals surface area (Å²) in [6.07, 6.45) is 5.31. The van der Waals surface area contributed by atoms with E-state index in [-0.39, 0.29) is 35.5 Å². The van der Waals surface area contributed by atoms with Crippen LogP contribution in [0.2, 0.25) is 0 Å². The monoisotopic (exact) mass is 543 g/mol. The smallest absolute Gasteiger partial charge is 0.191 e. The molecular formula is C20H42IN5O2S. The second-order valence-electron chi connectivity index (χ2n) is 8.40. The van der Waals surface area contributed by atoms with Gasteiger partial charge in [0.25, 0.3) is 0 Å².